The fourth-order valence-electron chi connectivity index (χ4n) is 3.23. The Balaban J connectivity index is 1.55. The number of nitrogens with one attached hydrogen (secondary N) is 1. The molecular weight excluding hydrogens is 379 g/mol. The largest absolute Gasteiger partial charge is 0.322 e. The highest BCUT2D eigenvalue weighted by Crippen LogP contribution is 2.32. The number of amides is 1. The van der Waals surface area contributed by atoms with Gasteiger partial charge in [0.25, 0.3) is 15.9 Å². The van der Waals surface area contributed by atoms with Crippen LogP contribution in [0, 0.1) is 5.82 Å². The monoisotopic (exact) mass is 396 g/mol. The lowest BCUT2D eigenvalue weighted by Crippen LogP contribution is -2.29. The minimum absolute atomic E-state index is 0.117. The fraction of sp³-hybridized carbons (Fsp3) is 0.0952. The fourth-order valence-corrected chi connectivity index (χ4v) is 4.74. The Bertz CT molecular complexity index is 1140. The predicted molar refractivity (Wildman–Crippen MR) is 105 cm³/mol. The molecule has 0 aliphatic carbocycles. The van der Waals surface area contributed by atoms with E-state index in [9.17, 15) is 17.6 Å². The average molecular weight is 396 g/mol. The van der Waals surface area contributed by atoms with Crippen molar-refractivity contribution in [1.29, 1.82) is 0 Å². The number of hydrogen-bond donors (Lipinski definition) is 1. The minimum atomic E-state index is -3.71. The molecule has 0 fully saturated rings. The first kappa shape index (κ1) is 18.2. The second-order valence-corrected chi connectivity index (χ2v) is 8.31. The molecule has 0 saturated carbocycles. The van der Waals surface area contributed by atoms with E-state index >= 15 is 0 Å². The molecule has 0 bridgehead atoms. The molecule has 3 aromatic carbocycles. The summed E-state index contributed by atoms with van der Waals surface area (Å²) in [6.07, 6.45) is 0.670. The number of anilines is 2. The topological polar surface area (TPSA) is 66.5 Å². The smallest absolute Gasteiger partial charge is 0.264 e. The Labute approximate surface area is 162 Å². The zero-order valence-electron chi connectivity index (χ0n) is 14.8. The number of para-hydroxylation sites is 1. The SMILES string of the molecule is O=C(Nc1cccc(F)c1)c1ccc(S(=O)(=O)N2CCc3ccccc32)cc1. The van der Waals surface area contributed by atoms with Crippen LogP contribution >= 0.6 is 0 Å². The quantitative estimate of drug-likeness (QED) is 0.729. The first-order valence-electron chi connectivity index (χ1n) is 8.73. The maximum atomic E-state index is 13.2. The molecule has 1 aliphatic rings. The summed E-state index contributed by atoms with van der Waals surface area (Å²) < 4.78 is 40.6. The Morgan fingerprint density at radius 1 is 0.964 bits per heavy atom. The van der Waals surface area contributed by atoms with Crippen LogP contribution in [-0.4, -0.2) is 20.9 Å². The van der Waals surface area contributed by atoms with Crippen LogP contribution in [0.15, 0.2) is 77.7 Å². The van der Waals surface area contributed by atoms with Gasteiger partial charge in [0, 0.05) is 17.8 Å². The number of fused-ring (bicyclic) bond motifs is 1. The number of rotatable bonds is 4. The van der Waals surface area contributed by atoms with Crippen molar-refractivity contribution >= 4 is 27.3 Å². The summed E-state index contributed by atoms with van der Waals surface area (Å²) >= 11 is 0. The summed E-state index contributed by atoms with van der Waals surface area (Å²) in [5.41, 5.74) is 2.30. The third-order valence-electron chi connectivity index (χ3n) is 4.63. The predicted octanol–water partition coefficient (Wildman–Crippen LogP) is 3.83. The molecule has 0 aromatic heterocycles. The molecule has 0 radical (unpaired) electrons. The van der Waals surface area contributed by atoms with Crippen molar-refractivity contribution in [2.24, 2.45) is 0 Å². The molecule has 28 heavy (non-hydrogen) atoms. The number of nitrogens with zero attached hydrogens (tertiary/aromatic N) is 1. The molecular formula is C21H17FN2O3S. The standard InChI is InChI=1S/C21H17FN2O3S/c22-17-5-3-6-18(14-17)23-21(25)16-8-10-19(11-9-16)28(26,27)24-13-12-15-4-1-2-7-20(15)24/h1-11,14H,12-13H2,(H,23,25). The van der Waals surface area contributed by atoms with E-state index in [0.717, 1.165) is 5.56 Å². The number of hydrogen-bond acceptors (Lipinski definition) is 3. The molecule has 1 aliphatic heterocycles. The van der Waals surface area contributed by atoms with Gasteiger partial charge in [-0.2, -0.15) is 0 Å². The first-order valence-corrected chi connectivity index (χ1v) is 10.2. The maximum Gasteiger partial charge on any atom is 0.264 e. The molecule has 3 aromatic rings. The molecule has 0 saturated heterocycles. The van der Waals surface area contributed by atoms with Crippen LogP contribution in [0.3, 0.4) is 0 Å². The molecule has 0 atom stereocenters. The summed E-state index contributed by atoms with van der Waals surface area (Å²) in [6.45, 7) is 0.392. The van der Waals surface area contributed by atoms with E-state index in [1.54, 1.807) is 12.1 Å². The number of benzene rings is 3. The summed E-state index contributed by atoms with van der Waals surface area (Å²) in [5, 5.41) is 2.59. The second-order valence-electron chi connectivity index (χ2n) is 6.44. The molecule has 142 valence electrons. The van der Waals surface area contributed by atoms with Crippen molar-refractivity contribution in [3.8, 4) is 0 Å². The maximum absolute atomic E-state index is 13.2. The third-order valence-corrected chi connectivity index (χ3v) is 6.46. The van der Waals surface area contributed by atoms with Gasteiger partial charge in [-0.05, 0) is 60.5 Å². The highest BCUT2D eigenvalue weighted by Gasteiger charge is 2.30. The molecule has 5 nitrogen and oxygen atoms in total. The Kier molecular flexibility index (Phi) is 4.60. The van der Waals surface area contributed by atoms with E-state index in [2.05, 4.69) is 5.32 Å². The zero-order valence-corrected chi connectivity index (χ0v) is 15.6. The van der Waals surface area contributed by atoms with Crippen molar-refractivity contribution in [3.63, 3.8) is 0 Å². The van der Waals surface area contributed by atoms with Gasteiger partial charge in [-0.3, -0.25) is 9.10 Å². The van der Waals surface area contributed by atoms with E-state index in [1.165, 1.54) is 46.8 Å². The third kappa shape index (κ3) is 3.36. The summed E-state index contributed by atoms with van der Waals surface area (Å²) in [6, 6.07) is 18.7. The highest BCUT2D eigenvalue weighted by atomic mass is 32.2. The van der Waals surface area contributed by atoms with E-state index in [-0.39, 0.29) is 10.5 Å². The van der Waals surface area contributed by atoms with Crippen LogP contribution in [0.1, 0.15) is 15.9 Å². The highest BCUT2D eigenvalue weighted by molar-refractivity contribution is 7.92. The van der Waals surface area contributed by atoms with Crippen LogP contribution in [0.4, 0.5) is 15.8 Å². The Morgan fingerprint density at radius 2 is 1.71 bits per heavy atom. The van der Waals surface area contributed by atoms with Gasteiger partial charge in [-0.15, -0.1) is 0 Å². The Hall–Kier alpha value is -3.19. The van der Waals surface area contributed by atoms with Gasteiger partial charge in [-0.25, -0.2) is 12.8 Å². The molecule has 1 amide bonds. The number of carbonyl (C=O) groups is 1. The Morgan fingerprint density at radius 3 is 2.46 bits per heavy atom. The van der Waals surface area contributed by atoms with Crippen molar-refractivity contribution in [1.82, 2.24) is 0 Å². The lowest BCUT2D eigenvalue weighted by Gasteiger charge is -2.19. The summed E-state index contributed by atoms with van der Waals surface area (Å²) in [7, 11) is -3.71. The van der Waals surface area contributed by atoms with E-state index in [0.29, 0.717) is 24.3 Å². The van der Waals surface area contributed by atoms with Gasteiger partial charge in [-0.1, -0.05) is 24.3 Å². The zero-order chi connectivity index (χ0) is 19.7. The van der Waals surface area contributed by atoms with Gasteiger partial charge < -0.3 is 5.32 Å². The van der Waals surface area contributed by atoms with Gasteiger partial charge in [0.15, 0.2) is 0 Å². The molecule has 0 spiro atoms. The van der Waals surface area contributed by atoms with Crippen LogP contribution in [0.2, 0.25) is 0 Å². The molecule has 0 unspecified atom stereocenters. The van der Waals surface area contributed by atoms with Gasteiger partial charge in [0.2, 0.25) is 0 Å². The molecule has 7 heteroatoms. The summed E-state index contributed by atoms with van der Waals surface area (Å²) in [4.78, 5) is 12.4. The van der Waals surface area contributed by atoms with Crippen molar-refractivity contribution in [2.75, 3.05) is 16.2 Å². The van der Waals surface area contributed by atoms with Crippen LogP contribution in [0.5, 0.6) is 0 Å². The van der Waals surface area contributed by atoms with Gasteiger partial charge >= 0.3 is 0 Å². The lowest BCUT2D eigenvalue weighted by molar-refractivity contribution is 0.102. The minimum Gasteiger partial charge on any atom is -0.322 e. The van der Waals surface area contributed by atoms with E-state index in [4.69, 9.17) is 0 Å². The van der Waals surface area contributed by atoms with Crippen molar-refractivity contribution in [3.05, 3.63) is 89.7 Å². The van der Waals surface area contributed by atoms with Crippen LogP contribution in [0.25, 0.3) is 0 Å². The van der Waals surface area contributed by atoms with E-state index in [1.807, 2.05) is 18.2 Å². The molecule has 1 heterocycles. The lowest BCUT2D eigenvalue weighted by atomic mass is 10.2. The second kappa shape index (κ2) is 7.09. The van der Waals surface area contributed by atoms with Gasteiger partial charge in [0.1, 0.15) is 5.82 Å². The average Bonchev–Trinajstić information content (AvgIpc) is 3.13. The van der Waals surface area contributed by atoms with Crippen LogP contribution in [-0.2, 0) is 16.4 Å². The molecule has 4 rings (SSSR count). The van der Waals surface area contributed by atoms with Gasteiger partial charge in [0.05, 0.1) is 10.6 Å². The van der Waals surface area contributed by atoms with Crippen molar-refractivity contribution in [2.45, 2.75) is 11.3 Å². The number of sulfonamides is 1. The number of carbonyl (C=O) groups excluding carboxylic acids is 1. The summed E-state index contributed by atoms with van der Waals surface area (Å²) in [5.74, 6) is -0.897. The number of halogens is 1. The van der Waals surface area contributed by atoms with Crippen molar-refractivity contribution < 1.29 is 17.6 Å². The first-order chi connectivity index (χ1) is 13.4. The normalized spacial score (nSPS) is 13.2. The molecule has 1 N–H and O–H groups in total. The van der Waals surface area contributed by atoms with E-state index < -0.39 is 21.7 Å². The van der Waals surface area contributed by atoms with Crippen LogP contribution < -0.4 is 9.62 Å².